The Morgan fingerprint density at radius 1 is 0.828 bits per heavy atom. The van der Waals surface area contributed by atoms with Crippen molar-refractivity contribution in [2.45, 2.75) is 58.9 Å². The fraction of sp³-hybridized carbons (Fsp3) is 0.520. The number of benzene rings is 2. The van der Waals surface area contributed by atoms with Gasteiger partial charge in [0.15, 0.2) is 0 Å². The maximum Gasteiger partial charge on any atom is 0.123 e. The molecule has 1 N–H and O–H groups in total. The summed E-state index contributed by atoms with van der Waals surface area (Å²) in [5.41, 5.74) is 4.43. The molecule has 29 heavy (non-hydrogen) atoms. The van der Waals surface area contributed by atoms with Gasteiger partial charge in [0, 0.05) is 43.4 Å². The van der Waals surface area contributed by atoms with Crippen LogP contribution in [0.3, 0.4) is 0 Å². The molecule has 0 spiro atoms. The summed E-state index contributed by atoms with van der Waals surface area (Å²) in [6, 6.07) is 12.5. The molecule has 0 saturated carbocycles. The van der Waals surface area contributed by atoms with Crippen molar-refractivity contribution >= 4 is 17.3 Å². The predicted octanol–water partition coefficient (Wildman–Crippen LogP) is 5.96. The average Bonchev–Trinajstić information content (AvgIpc) is 2.62. The molecule has 158 valence electrons. The number of piperazine rings is 1. The highest BCUT2D eigenvalue weighted by atomic mass is 35.5. The van der Waals surface area contributed by atoms with Gasteiger partial charge in [0.1, 0.15) is 5.75 Å². The lowest BCUT2D eigenvalue weighted by Crippen LogP contribution is -2.46. The fourth-order valence-corrected chi connectivity index (χ4v) is 4.13. The van der Waals surface area contributed by atoms with Crippen LogP contribution in [0.15, 0.2) is 36.4 Å². The molecule has 0 atom stereocenters. The van der Waals surface area contributed by atoms with E-state index in [-0.39, 0.29) is 10.8 Å². The molecule has 1 fully saturated rings. The lowest BCUT2D eigenvalue weighted by Gasteiger charge is -2.36. The van der Waals surface area contributed by atoms with Crippen LogP contribution in [0.1, 0.15) is 58.2 Å². The van der Waals surface area contributed by atoms with Crippen molar-refractivity contribution in [1.82, 2.24) is 4.90 Å². The van der Waals surface area contributed by atoms with Crippen molar-refractivity contribution in [3.8, 4) is 5.75 Å². The monoisotopic (exact) mass is 414 g/mol. The minimum atomic E-state index is -0.0899. The van der Waals surface area contributed by atoms with Crippen LogP contribution in [0.5, 0.6) is 5.75 Å². The topological polar surface area (TPSA) is 26.7 Å². The average molecular weight is 415 g/mol. The summed E-state index contributed by atoms with van der Waals surface area (Å²) in [6.07, 6.45) is 0. The summed E-state index contributed by atoms with van der Waals surface area (Å²) in [6.45, 7) is 18.0. The van der Waals surface area contributed by atoms with Crippen molar-refractivity contribution in [1.29, 1.82) is 0 Å². The first-order chi connectivity index (χ1) is 13.4. The molecule has 1 aliphatic heterocycles. The van der Waals surface area contributed by atoms with E-state index >= 15 is 0 Å². The number of hydrogen-bond acceptors (Lipinski definition) is 3. The SMILES string of the molecule is CC(C)(C)c1cc(CN2CCN(c3ccc(Cl)cc3)CC2)cc(C(C)(C)C)c1O. The van der Waals surface area contributed by atoms with Gasteiger partial charge < -0.3 is 10.0 Å². The van der Waals surface area contributed by atoms with Crippen LogP contribution in [0, 0.1) is 0 Å². The van der Waals surface area contributed by atoms with E-state index in [1.807, 2.05) is 12.1 Å². The molecule has 0 unspecified atom stereocenters. The van der Waals surface area contributed by atoms with Gasteiger partial charge in [0.05, 0.1) is 0 Å². The molecule has 1 saturated heterocycles. The third-order valence-corrected chi connectivity index (χ3v) is 6.01. The zero-order chi connectivity index (χ0) is 21.4. The van der Waals surface area contributed by atoms with E-state index in [0.717, 1.165) is 48.9 Å². The number of hydrogen-bond donors (Lipinski definition) is 1. The minimum Gasteiger partial charge on any atom is -0.507 e. The first-order valence-corrected chi connectivity index (χ1v) is 10.9. The lowest BCUT2D eigenvalue weighted by molar-refractivity contribution is 0.249. The van der Waals surface area contributed by atoms with E-state index < -0.39 is 0 Å². The molecule has 0 radical (unpaired) electrons. The molecule has 1 heterocycles. The van der Waals surface area contributed by atoms with Crippen LogP contribution in [-0.2, 0) is 17.4 Å². The molecule has 0 bridgehead atoms. The lowest BCUT2D eigenvalue weighted by atomic mass is 9.78. The fourth-order valence-electron chi connectivity index (χ4n) is 4.00. The molecule has 2 aromatic rings. The number of phenolic OH excluding ortho intramolecular Hbond substituents is 1. The summed E-state index contributed by atoms with van der Waals surface area (Å²) in [7, 11) is 0. The summed E-state index contributed by atoms with van der Waals surface area (Å²) in [5, 5.41) is 11.7. The second kappa shape index (κ2) is 8.20. The zero-order valence-corrected chi connectivity index (χ0v) is 19.5. The van der Waals surface area contributed by atoms with E-state index in [9.17, 15) is 5.11 Å². The van der Waals surface area contributed by atoms with E-state index in [2.05, 4.69) is 75.6 Å². The summed E-state index contributed by atoms with van der Waals surface area (Å²) < 4.78 is 0. The second-order valence-electron chi connectivity index (χ2n) is 10.3. The first kappa shape index (κ1) is 22.0. The zero-order valence-electron chi connectivity index (χ0n) is 18.7. The van der Waals surface area contributed by atoms with Crippen molar-refractivity contribution in [3.63, 3.8) is 0 Å². The number of halogens is 1. The first-order valence-electron chi connectivity index (χ1n) is 10.5. The van der Waals surface area contributed by atoms with Crippen LogP contribution in [0.2, 0.25) is 5.02 Å². The van der Waals surface area contributed by atoms with Gasteiger partial charge in [-0.15, -0.1) is 0 Å². The molecule has 0 aromatic heterocycles. The van der Waals surface area contributed by atoms with Crippen molar-refractivity contribution in [3.05, 3.63) is 58.1 Å². The van der Waals surface area contributed by atoms with E-state index in [1.165, 1.54) is 11.3 Å². The second-order valence-corrected chi connectivity index (χ2v) is 10.7. The van der Waals surface area contributed by atoms with E-state index in [0.29, 0.717) is 5.75 Å². The smallest absolute Gasteiger partial charge is 0.123 e. The van der Waals surface area contributed by atoms with Gasteiger partial charge in [-0.3, -0.25) is 4.90 Å². The number of nitrogens with zero attached hydrogens (tertiary/aromatic N) is 2. The Balaban J connectivity index is 1.76. The molecule has 2 aromatic carbocycles. The standard InChI is InChI=1S/C25H35ClN2O/c1-24(2,3)21-15-18(16-22(23(21)29)25(4,5)6)17-27-11-13-28(14-12-27)20-9-7-19(26)8-10-20/h7-10,15-16,29H,11-14,17H2,1-6H3. The normalized spacial score (nSPS) is 16.3. The van der Waals surface area contributed by atoms with Crippen LogP contribution in [0.25, 0.3) is 0 Å². The highest BCUT2D eigenvalue weighted by Gasteiger charge is 2.27. The van der Waals surface area contributed by atoms with Crippen molar-refractivity contribution in [2.75, 3.05) is 31.1 Å². The Bertz CT molecular complexity index is 804. The Morgan fingerprint density at radius 2 is 1.31 bits per heavy atom. The van der Waals surface area contributed by atoms with E-state index in [4.69, 9.17) is 11.6 Å². The Labute approximate surface area is 181 Å². The maximum absolute atomic E-state index is 10.9. The quantitative estimate of drug-likeness (QED) is 0.670. The van der Waals surface area contributed by atoms with Crippen molar-refractivity contribution in [2.24, 2.45) is 0 Å². The van der Waals surface area contributed by atoms with Gasteiger partial charge in [-0.05, 0) is 51.8 Å². The Kier molecular flexibility index (Phi) is 6.21. The highest BCUT2D eigenvalue weighted by Crippen LogP contribution is 2.40. The molecule has 3 nitrogen and oxygen atoms in total. The van der Waals surface area contributed by atoms with Gasteiger partial charge in [-0.25, -0.2) is 0 Å². The number of rotatable bonds is 3. The minimum absolute atomic E-state index is 0.0899. The highest BCUT2D eigenvalue weighted by molar-refractivity contribution is 6.30. The van der Waals surface area contributed by atoms with Gasteiger partial charge in [-0.2, -0.15) is 0 Å². The maximum atomic E-state index is 10.9. The molecular weight excluding hydrogens is 380 g/mol. The third-order valence-electron chi connectivity index (χ3n) is 5.76. The van der Waals surface area contributed by atoms with Crippen LogP contribution < -0.4 is 4.90 Å². The molecule has 0 aliphatic carbocycles. The molecule has 4 heteroatoms. The number of aromatic hydroxyl groups is 1. The van der Waals surface area contributed by atoms with Crippen LogP contribution in [-0.4, -0.2) is 36.2 Å². The summed E-state index contributed by atoms with van der Waals surface area (Å²) >= 11 is 6.02. The number of phenols is 1. The van der Waals surface area contributed by atoms with Gasteiger partial charge in [-0.1, -0.05) is 65.3 Å². The van der Waals surface area contributed by atoms with Gasteiger partial charge in [0.2, 0.25) is 0 Å². The Morgan fingerprint density at radius 3 is 1.76 bits per heavy atom. The molecule has 1 aliphatic rings. The van der Waals surface area contributed by atoms with Gasteiger partial charge in [0.25, 0.3) is 0 Å². The molecular formula is C25H35ClN2O. The molecule has 3 rings (SSSR count). The summed E-state index contributed by atoms with van der Waals surface area (Å²) in [4.78, 5) is 4.93. The summed E-state index contributed by atoms with van der Waals surface area (Å²) in [5.74, 6) is 0.460. The van der Waals surface area contributed by atoms with Crippen LogP contribution in [0.4, 0.5) is 5.69 Å². The van der Waals surface area contributed by atoms with E-state index in [1.54, 1.807) is 0 Å². The predicted molar refractivity (Wildman–Crippen MR) is 124 cm³/mol. The molecule has 0 amide bonds. The third kappa shape index (κ3) is 5.26. The largest absolute Gasteiger partial charge is 0.507 e. The van der Waals surface area contributed by atoms with Crippen molar-refractivity contribution < 1.29 is 5.11 Å². The number of anilines is 1. The Hall–Kier alpha value is -1.71. The van der Waals surface area contributed by atoms with Gasteiger partial charge >= 0.3 is 0 Å². The van der Waals surface area contributed by atoms with Crippen LogP contribution >= 0.6 is 11.6 Å².